The third kappa shape index (κ3) is 3.99. The summed E-state index contributed by atoms with van der Waals surface area (Å²) in [6.07, 6.45) is 9.24. The van der Waals surface area contributed by atoms with Gasteiger partial charge in [0.1, 0.15) is 0 Å². The lowest BCUT2D eigenvalue weighted by molar-refractivity contribution is 0.0915. The second kappa shape index (κ2) is 8.15. The van der Waals surface area contributed by atoms with Crippen LogP contribution in [-0.2, 0) is 10.0 Å². The summed E-state index contributed by atoms with van der Waals surface area (Å²) in [5.74, 6) is 2.11. The molecule has 3 aliphatic rings. The van der Waals surface area contributed by atoms with Crippen LogP contribution in [0.3, 0.4) is 0 Å². The minimum Gasteiger partial charge on any atom is -0.349 e. The summed E-state index contributed by atoms with van der Waals surface area (Å²) < 4.78 is 27.3. The van der Waals surface area contributed by atoms with Gasteiger partial charge in [0.2, 0.25) is 10.0 Å². The fourth-order valence-corrected chi connectivity index (χ4v) is 7.03. The van der Waals surface area contributed by atoms with Gasteiger partial charge in [-0.05, 0) is 81.0 Å². The van der Waals surface area contributed by atoms with Crippen LogP contribution in [0.15, 0.2) is 29.2 Å². The molecule has 3 fully saturated rings. The van der Waals surface area contributed by atoms with Crippen LogP contribution >= 0.6 is 0 Å². The van der Waals surface area contributed by atoms with Crippen LogP contribution in [0.2, 0.25) is 0 Å². The van der Waals surface area contributed by atoms with Crippen LogP contribution in [0.5, 0.6) is 0 Å². The van der Waals surface area contributed by atoms with Crippen molar-refractivity contribution in [3.63, 3.8) is 0 Å². The van der Waals surface area contributed by atoms with Crippen molar-refractivity contribution in [2.45, 2.75) is 69.2 Å². The third-order valence-corrected chi connectivity index (χ3v) is 9.03. The van der Waals surface area contributed by atoms with Crippen LogP contribution < -0.4 is 5.32 Å². The topological polar surface area (TPSA) is 66.5 Å². The van der Waals surface area contributed by atoms with Crippen molar-refractivity contribution in [1.29, 1.82) is 0 Å². The van der Waals surface area contributed by atoms with E-state index in [1.165, 1.54) is 25.7 Å². The Bertz CT molecular complexity index is 798. The van der Waals surface area contributed by atoms with E-state index in [0.29, 0.717) is 24.6 Å². The normalized spacial score (nSPS) is 29.4. The molecule has 1 heterocycles. The quantitative estimate of drug-likeness (QED) is 0.812. The number of nitrogens with one attached hydrogen (secondary N) is 1. The monoisotopic (exact) mass is 404 g/mol. The number of carbonyl (C=O) groups is 1. The highest BCUT2D eigenvalue weighted by Crippen LogP contribution is 2.49. The molecule has 1 N–H and O–H groups in total. The zero-order chi connectivity index (χ0) is 19.7. The van der Waals surface area contributed by atoms with Gasteiger partial charge < -0.3 is 5.32 Å². The first kappa shape index (κ1) is 19.9. The molecule has 28 heavy (non-hydrogen) atoms. The lowest BCUT2D eigenvalue weighted by atomic mass is 9.84. The van der Waals surface area contributed by atoms with Gasteiger partial charge in [0, 0.05) is 24.7 Å². The lowest BCUT2D eigenvalue weighted by Crippen LogP contribution is -2.40. The van der Waals surface area contributed by atoms with E-state index in [1.54, 1.807) is 28.6 Å². The van der Waals surface area contributed by atoms with E-state index in [2.05, 4.69) is 12.2 Å². The fraction of sp³-hybridized carbons (Fsp3) is 0.682. The highest BCUT2D eigenvalue weighted by molar-refractivity contribution is 7.89. The number of hydrogen-bond acceptors (Lipinski definition) is 3. The molecule has 0 spiro atoms. The van der Waals surface area contributed by atoms with E-state index in [-0.39, 0.29) is 16.8 Å². The largest absolute Gasteiger partial charge is 0.349 e. The maximum Gasteiger partial charge on any atom is 0.251 e. The fourth-order valence-electron chi connectivity index (χ4n) is 5.51. The summed E-state index contributed by atoms with van der Waals surface area (Å²) in [6, 6.07) is 6.62. The van der Waals surface area contributed by atoms with Gasteiger partial charge in [0.15, 0.2) is 0 Å². The molecule has 0 aromatic heterocycles. The van der Waals surface area contributed by atoms with Gasteiger partial charge in [0.25, 0.3) is 5.91 Å². The lowest BCUT2D eigenvalue weighted by Gasteiger charge is -2.28. The second-order valence-electron chi connectivity index (χ2n) is 8.94. The second-order valence-corrected chi connectivity index (χ2v) is 10.9. The smallest absolute Gasteiger partial charge is 0.251 e. The maximum absolute atomic E-state index is 12.9. The number of hydrogen-bond donors (Lipinski definition) is 1. The molecule has 0 unspecified atom stereocenters. The van der Waals surface area contributed by atoms with E-state index >= 15 is 0 Å². The molecule has 0 radical (unpaired) electrons. The van der Waals surface area contributed by atoms with E-state index in [9.17, 15) is 13.2 Å². The van der Waals surface area contributed by atoms with Crippen LogP contribution in [0.1, 0.15) is 68.6 Å². The molecule has 1 amide bonds. The van der Waals surface area contributed by atoms with Crippen LogP contribution in [0.25, 0.3) is 0 Å². The third-order valence-electron chi connectivity index (χ3n) is 7.11. The number of fused-ring (bicyclic) bond motifs is 2. The zero-order valence-electron chi connectivity index (χ0n) is 16.8. The van der Waals surface area contributed by atoms with Crippen molar-refractivity contribution >= 4 is 15.9 Å². The number of carbonyl (C=O) groups excluding carboxylic acids is 1. The van der Waals surface area contributed by atoms with Gasteiger partial charge in [-0.15, -0.1) is 0 Å². The number of benzene rings is 1. The minimum atomic E-state index is -3.47. The van der Waals surface area contributed by atoms with E-state index in [4.69, 9.17) is 0 Å². The molecule has 2 saturated carbocycles. The average Bonchev–Trinajstić information content (AvgIpc) is 3.22. The van der Waals surface area contributed by atoms with E-state index < -0.39 is 10.0 Å². The summed E-state index contributed by atoms with van der Waals surface area (Å²) in [4.78, 5) is 12.9. The Hall–Kier alpha value is -1.40. The summed E-state index contributed by atoms with van der Waals surface area (Å²) in [6.45, 7) is 3.29. The highest BCUT2D eigenvalue weighted by atomic mass is 32.2. The van der Waals surface area contributed by atoms with Gasteiger partial charge in [0.05, 0.1) is 4.90 Å². The first-order valence-electron chi connectivity index (χ1n) is 10.9. The molecule has 5 nitrogen and oxygen atoms in total. The van der Waals surface area contributed by atoms with Crippen LogP contribution in [0, 0.1) is 17.8 Å². The van der Waals surface area contributed by atoms with Crippen molar-refractivity contribution in [3.05, 3.63) is 29.8 Å². The predicted molar refractivity (Wildman–Crippen MR) is 110 cm³/mol. The Balaban J connectivity index is 1.40. The number of amides is 1. The molecule has 1 aromatic carbocycles. The molecule has 1 aliphatic heterocycles. The molecule has 6 heteroatoms. The Labute approximate surface area is 168 Å². The van der Waals surface area contributed by atoms with Crippen molar-refractivity contribution in [3.8, 4) is 0 Å². The maximum atomic E-state index is 12.9. The molecule has 2 bridgehead atoms. The highest BCUT2D eigenvalue weighted by Gasteiger charge is 2.42. The van der Waals surface area contributed by atoms with Crippen molar-refractivity contribution in [2.75, 3.05) is 13.1 Å². The van der Waals surface area contributed by atoms with Crippen molar-refractivity contribution < 1.29 is 13.2 Å². The number of nitrogens with zero attached hydrogens (tertiary/aromatic N) is 1. The SMILES string of the molecule is C[C@@H](NC(=O)c1ccc(S(=O)(=O)N2CCCCCC2)cc1)[C@@H]1C[C@H]2CC[C@H]1C2. The molecule has 1 aromatic rings. The Morgan fingerprint density at radius 3 is 2.29 bits per heavy atom. The Kier molecular flexibility index (Phi) is 5.79. The van der Waals surface area contributed by atoms with Crippen LogP contribution in [0.4, 0.5) is 0 Å². The minimum absolute atomic E-state index is 0.103. The Morgan fingerprint density at radius 2 is 1.71 bits per heavy atom. The predicted octanol–water partition coefficient (Wildman–Crippen LogP) is 3.81. The van der Waals surface area contributed by atoms with Gasteiger partial charge in [-0.3, -0.25) is 4.79 Å². The van der Waals surface area contributed by atoms with Gasteiger partial charge in [-0.2, -0.15) is 4.31 Å². The molecule has 4 rings (SSSR count). The van der Waals surface area contributed by atoms with Gasteiger partial charge in [-0.25, -0.2) is 8.42 Å². The summed E-state index contributed by atoms with van der Waals surface area (Å²) in [7, 11) is -3.47. The molecule has 2 aliphatic carbocycles. The zero-order valence-corrected chi connectivity index (χ0v) is 17.6. The van der Waals surface area contributed by atoms with Crippen molar-refractivity contribution in [1.82, 2.24) is 9.62 Å². The number of sulfonamides is 1. The standard InChI is InChI=1S/C22H32N2O3S/c1-16(21-15-17-6-7-19(21)14-17)23-22(25)18-8-10-20(11-9-18)28(26,27)24-12-4-2-3-5-13-24/h8-11,16-17,19,21H,2-7,12-15H2,1H3,(H,23,25)/t16-,17+,19+,21+/m1/s1. The first-order chi connectivity index (χ1) is 13.4. The summed E-state index contributed by atoms with van der Waals surface area (Å²) in [5, 5.41) is 3.15. The van der Waals surface area contributed by atoms with Gasteiger partial charge >= 0.3 is 0 Å². The summed E-state index contributed by atoms with van der Waals surface area (Å²) in [5.41, 5.74) is 0.532. The molecular weight excluding hydrogens is 372 g/mol. The number of rotatable bonds is 5. The van der Waals surface area contributed by atoms with E-state index in [1.807, 2.05) is 0 Å². The molecule has 1 saturated heterocycles. The molecule has 154 valence electrons. The average molecular weight is 405 g/mol. The van der Waals surface area contributed by atoms with Gasteiger partial charge in [-0.1, -0.05) is 19.3 Å². The molecule has 4 atom stereocenters. The molecular formula is C22H32N2O3S. The van der Waals surface area contributed by atoms with Crippen LogP contribution in [-0.4, -0.2) is 37.8 Å². The van der Waals surface area contributed by atoms with Crippen molar-refractivity contribution in [2.24, 2.45) is 17.8 Å². The summed E-state index contributed by atoms with van der Waals surface area (Å²) >= 11 is 0. The van der Waals surface area contributed by atoms with E-state index in [0.717, 1.165) is 37.5 Å². The Morgan fingerprint density at radius 1 is 1.04 bits per heavy atom. The first-order valence-corrected chi connectivity index (χ1v) is 12.3.